The van der Waals surface area contributed by atoms with Gasteiger partial charge >= 0.3 is 0 Å². The maximum absolute atomic E-state index is 14.0. The summed E-state index contributed by atoms with van der Waals surface area (Å²) in [5.74, 6) is 0.165. The number of anilines is 1. The van der Waals surface area contributed by atoms with Crippen LogP contribution < -0.4 is 10.1 Å². The topological polar surface area (TPSA) is 61.9 Å². The second kappa shape index (κ2) is 10.1. The van der Waals surface area contributed by atoms with Gasteiger partial charge in [-0.3, -0.25) is 9.59 Å². The van der Waals surface area contributed by atoms with Gasteiger partial charge in [0.1, 0.15) is 11.6 Å². The number of carbonyl (C=O) groups excluding carboxylic acids is 2. The van der Waals surface area contributed by atoms with Crippen LogP contribution in [0.1, 0.15) is 46.4 Å². The molecule has 0 spiro atoms. The van der Waals surface area contributed by atoms with Gasteiger partial charge in [0, 0.05) is 25.2 Å². The smallest absolute Gasteiger partial charge is 0.255 e. The van der Waals surface area contributed by atoms with Crippen molar-refractivity contribution in [1.29, 1.82) is 0 Å². The number of methoxy groups -OCH3 is 1. The van der Waals surface area contributed by atoms with E-state index in [0.29, 0.717) is 35.9 Å². The molecule has 0 saturated carbocycles. The molecular weight excluding hydrogens is 409 g/mol. The van der Waals surface area contributed by atoms with Crippen molar-refractivity contribution in [2.24, 2.45) is 5.92 Å². The predicted molar refractivity (Wildman–Crippen MR) is 122 cm³/mol. The molecule has 1 N–H and O–H groups in total. The molecule has 2 saturated heterocycles. The zero-order valence-corrected chi connectivity index (χ0v) is 18.5. The quantitative estimate of drug-likeness (QED) is 0.738. The zero-order chi connectivity index (χ0) is 22.5. The van der Waals surface area contributed by atoms with E-state index in [2.05, 4.69) is 10.2 Å². The summed E-state index contributed by atoms with van der Waals surface area (Å²) >= 11 is 0. The second-order valence-corrected chi connectivity index (χ2v) is 8.62. The first kappa shape index (κ1) is 22.3. The second-order valence-electron chi connectivity index (χ2n) is 8.62. The fraction of sp³-hybridized carbons (Fsp3) is 0.440. The number of hydrogen-bond acceptors (Lipinski definition) is 4. The Balaban J connectivity index is 1.42. The Kier molecular flexibility index (Phi) is 7.05. The summed E-state index contributed by atoms with van der Waals surface area (Å²) in [6, 6.07) is 10.5. The lowest BCUT2D eigenvalue weighted by Crippen LogP contribution is -2.41. The Morgan fingerprint density at radius 1 is 1.03 bits per heavy atom. The maximum Gasteiger partial charge on any atom is 0.255 e. The Hall–Kier alpha value is -2.93. The van der Waals surface area contributed by atoms with Gasteiger partial charge in [-0.2, -0.15) is 0 Å². The van der Waals surface area contributed by atoms with Crippen molar-refractivity contribution in [3.63, 3.8) is 0 Å². The van der Waals surface area contributed by atoms with E-state index in [4.69, 9.17) is 4.74 Å². The van der Waals surface area contributed by atoms with E-state index in [0.717, 1.165) is 19.4 Å². The van der Waals surface area contributed by atoms with E-state index < -0.39 is 11.7 Å². The number of benzene rings is 2. The molecule has 2 aliphatic rings. The van der Waals surface area contributed by atoms with E-state index >= 15 is 0 Å². The first-order valence-electron chi connectivity index (χ1n) is 11.3. The van der Waals surface area contributed by atoms with Gasteiger partial charge < -0.3 is 19.9 Å². The third-order valence-electron chi connectivity index (χ3n) is 6.43. The fourth-order valence-corrected chi connectivity index (χ4v) is 4.56. The summed E-state index contributed by atoms with van der Waals surface area (Å²) in [6.07, 6.45) is 4.51. The summed E-state index contributed by atoms with van der Waals surface area (Å²) in [7, 11) is 1.55. The highest BCUT2D eigenvalue weighted by atomic mass is 19.1. The van der Waals surface area contributed by atoms with Crippen molar-refractivity contribution in [2.45, 2.75) is 25.7 Å². The molecule has 7 heteroatoms. The van der Waals surface area contributed by atoms with Crippen molar-refractivity contribution >= 4 is 17.5 Å². The molecule has 0 radical (unpaired) electrons. The number of rotatable bonds is 6. The number of ether oxygens (including phenoxy) is 1. The van der Waals surface area contributed by atoms with Gasteiger partial charge in [-0.05, 0) is 87.2 Å². The molecule has 4 rings (SSSR count). The number of nitrogens with zero attached hydrogens (tertiary/aromatic N) is 2. The molecule has 0 unspecified atom stereocenters. The highest BCUT2D eigenvalue weighted by Gasteiger charge is 2.27. The van der Waals surface area contributed by atoms with Crippen molar-refractivity contribution in [2.75, 3.05) is 45.2 Å². The van der Waals surface area contributed by atoms with Crippen molar-refractivity contribution in [3.8, 4) is 5.75 Å². The third kappa shape index (κ3) is 5.27. The van der Waals surface area contributed by atoms with Crippen LogP contribution in [-0.4, -0.2) is 61.4 Å². The van der Waals surface area contributed by atoms with Crippen LogP contribution in [0.4, 0.5) is 10.1 Å². The predicted octanol–water partition coefficient (Wildman–Crippen LogP) is 4.03. The molecule has 0 aromatic heterocycles. The van der Waals surface area contributed by atoms with Gasteiger partial charge in [-0.15, -0.1) is 0 Å². The van der Waals surface area contributed by atoms with Crippen LogP contribution in [0.2, 0.25) is 0 Å². The molecule has 0 atom stereocenters. The van der Waals surface area contributed by atoms with Crippen LogP contribution in [0.25, 0.3) is 0 Å². The first-order valence-corrected chi connectivity index (χ1v) is 11.3. The van der Waals surface area contributed by atoms with E-state index in [1.165, 1.54) is 44.1 Å². The standard InChI is InChI=1S/C25H30FN3O3/c1-32-21-7-4-19(5-8-21)24(30)27-23-16-20(26)6-9-22(23)25(31)29-14-10-18(11-15-29)17-28-12-2-3-13-28/h4-9,16,18H,2-3,10-15,17H2,1H3,(H,27,30). The van der Waals surface area contributed by atoms with Crippen LogP contribution in [0.3, 0.4) is 0 Å². The molecular formula is C25H30FN3O3. The normalized spacial score (nSPS) is 17.4. The lowest BCUT2D eigenvalue weighted by Gasteiger charge is -2.34. The number of amides is 2. The van der Waals surface area contributed by atoms with Crippen LogP contribution in [0, 0.1) is 11.7 Å². The van der Waals surface area contributed by atoms with E-state index in [-0.39, 0.29) is 11.6 Å². The fourth-order valence-electron chi connectivity index (χ4n) is 4.56. The summed E-state index contributed by atoms with van der Waals surface area (Å²) in [6.45, 7) is 4.85. The van der Waals surface area contributed by atoms with Gasteiger partial charge in [0.2, 0.25) is 0 Å². The zero-order valence-electron chi connectivity index (χ0n) is 18.5. The molecule has 170 valence electrons. The van der Waals surface area contributed by atoms with Crippen LogP contribution in [-0.2, 0) is 0 Å². The number of likely N-dealkylation sites (tertiary alicyclic amines) is 2. The SMILES string of the molecule is COc1ccc(C(=O)Nc2cc(F)ccc2C(=O)N2CCC(CN3CCCC3)CC2)cc1. The molecule has 2 aromatic carbocycles. The average molecular weight is 440 g/mol. The van der Waals surface area contributed by atoms with Crippen LogP contribution in [0.5, 0.6) is 5.75 Å². The molecule has 0 bridgehead atoms. The highest BCUT2D eigenvalue weighted by Crippen LogP contribution is 2.25. The van der Waals surface area contributed by atoms with E-state index in [1.807, 2.05) is 4.90 Å². The minimum atomic E-state index is -0.504. The maximum atomic E-state index is 14.0. The lowest BCUT2D eigenvalue weighted by atomic mass is 9.95. The van der Waals surface area contributed by atoms with Crippen molar-refractivity contribution in [1.82, 2.24) is 9.80 Å². The Morgan fingerprint density at radius 2 is 1.72 bits per heavy atom. The number of halogens is 1. The molecule has 2 fully saturated rings. The first-order chi connectivity index (χ1) is 15.5. The number of hydrogen-bond donors (Lipinski definition) is 1. The Morgan fingerprint density at radius 3 is 2.38 bits per heavy atom. The van der Waals surface area contributed by atoms with Gasteiger partial charge in [0.05, 0.1) is 18.4 Å². The molecule has 2 heterocycles. The number of nitrogens with one attached hydrogen (secondary N) is 1. The summed E-state index contributed by atoms with van der Waals surface area (Å²) < 4.78 is 19.1. The number of piperidine rings is 1. The van der Waals surface area contributed by atoms with E-state index in [9.17, 15) is 14.0 Å². The number of carbonyl (C=O) groups is 2. The largest absolute Gasteiger partial charge is 0.497 e. The monoisotopic (exact) mass is 439 g/mol. The van der Waals surface area contributed by atoms with Gasteiger partial charge in [0.25, 0.3) is 11.8 Å². The molecule has 2 aliphatic heterocycles. The minimum absolute atomic E-state index is 0.172. The van der Waals surface area contributed by atoms with Crippen LogP contribution in [0.15, 0.2) is 42.5 Å². The molecule has 2 amide bonds. The molecule has 6 nitrogen and oxygen atoms in total. The van der Waals surface area contributed by atoms with Gasteiger partial charge in [0.15, 0.2) is 0 Å². The van der Waals surface area contributed by atoms with Crippen molar-refractivity contribution in [3.05, 3.63) is 59.4 Å². The third-order valence-corrected chi connectivity index (χ3v) is 6.43. The lowest BCUT2D eigenvalue weighted by molar-refractivity contribution is 0.0674. The van der Waals surface area contributed by atoms with Gasteiger partial charge in [-0.1, -0.05) is 0 Å². The molecule has 2 aromatic rings. The van der Waals surface area contributed by atoms with E-state index in [1.54, 1.807) is 31.4 Å². The van der Waals surface area contributed by atoms with Gasteiger partial charge in [-0.25, -0.2) is 4.39 Å². The minimum Gasteiger partial charge on any atom is -0.497 e. The molecule has 0 aliphatic carbocycles. The molecule has 32 heavy (non-hydrogen) atoms. The Labute approximate surface area is 188 Å². The summed E-state index contributed by atoms with van der Waals surface area (Å²) in [4.78, 5) is 30.2. The average Bonchev–Trinajstić information content (AvgIpc) is 3.32. The summed E-state index contributed by atoms with van der Waals surface area (Å²) in [5.41, 5.74) is 0.900. The highest BCUT2D eigenvalue weighted by molar-refractivity contribution is 6.09. The Bertz CT molecular complexity index is 949. The summed E-state index contributed by atoms with van der Waals surface area (Å²) in [5, 5.41) is 2.71. The van der Waals surface area contributed by atoms with Crippen LogP contribution >= 0.6 is 0 Å². The van der Waals surface area contributed by atoms with Crippen molar-refractivity contribution < 1.29 is 18.7 Å².